The van der Waals surface area contributed by atoms with Crippen LogP contribution in [0.3, 0.4) is 0 Å². The zero-order valence-corrected chi connectivity index (χ0v) is 15.5. The summed E-state index contributed by atoms with van der Waals surface area (Å²) in [6, 6.07) is 3.78. The summed E-state index contributed by atoms with van der Waals surface area (Å²) < 4.78 is 3.65. The van der Waals surface area contributed by atoms with Crippen LogP contribution in [0.2, 0.25) is 0 Å². The molecule has 0 aliphatic carbocycles. The first kappa shape index (κ1) is 18.3. The Kier molecular flexibility index (Phi) is 5.19. The molecule has 10 heteroatoms. The average molecular weight is 377 g/mol. The van der Waals surface area contributed by atoms with Crippen LogP contribution < -0.4 is 10.6 Å². The van der Waals surface area contributed by atoms with Gasteiger partial charge in [-0.3, -0.25) is 9.48 Å². The maximum atomic E-state index is 12.5. The van der Waals surface area contributed by atoms with Crippen molar-refractivity contribution in [2.24, 2.45) is 0 Å². The lowest BCUT2D eigenvalue weighted by atomic mass is 10.1. The third-order valence-electron chi connectivity index (χ3n) is 4.25. The van der Waals surface area contributed by atoms with E-state index >= 15 is 0 Å². The highest BCUT2D eigenvalue weighted by Crippen LogP contribution is 2.15. The van der Waals surface area contributed by atoms with E-state index < -0.39 is 0 Å². The second-order valence-corrected chi connectivity index (χ2v) is 6.40. The van der Waals surface area contributed by atoms with Crippen LogP contribution in [0, 0.1) is 0 Å². The molecule has 0 saturated heterocycles. The van der Waals surface area contributed by atoms with Gasteiger partial charge in [0.25, 0.3) is 11.7 Å². The van der Waals surface area contributed by atoms with Crippen molar-refractivity contribution < 1.29 is 4.79 Å². The standard InChI is InChI=1S/C16H20N8O.ClH/c1-10(2)14-6-13(21-16-19-9-20-24(14)16)15(25)18-7-11-5-12-8-17-3-4-23(12)22-11;/h5-6,9-10,17H,3-4,7-8H2,1-2H3,(H,18,25);1H. The summed E-state index contributed by atoms with van der Waals surface area (Å²) in [5, 5.41) is 14.9. The molecule has 0 fully saturated rings. The van der Waals surface area contributed by atoms with E-state index in [4.69, 9.17) is 0 Å². The summed E-state index contributed by atoms with van der Waals surface area (Å²) in [5.41, 5.74) is 3.23. The minimum absolute atomic E-state index is 0. The van der Waals surface area contributed by atoms with Gasteiger partial charge in [0.2, 0.25) is 0 Å². The molecule has 0 saturated carbocycles. The van der Waals surface area contributed by atoms with Crippen LogP contribution >= 0.6 is 12.4 Å². The molecule has 1 aliphatic rings. The van der Waals surface area contributed by atoms with Crippen LogP contribution in [-0.2, 0) is 19.6 Å². The van der Waals surface area contributed by atoms with Gasteiger partial charge in [-0.25, -0.2) is 9.50 Å². The van der Waals surface area contributed by atoms with Crippen LogP contribution in [0.5, 0.6) is 0 Å². The van der Waals surface area contributed by atoms with Crippen LogP contribution in [-0.4, -0.2) is 41.8 Å². The maximum absolute atomic E-state index is 12.5. The molecule has 0 unspecified atom stereocenters. The van der Waals surface area contributed by atoms with Crippen molar-refractivity contribution >= 4 is 24.1 Å². The number of rotatable bonds is 4. The molecular formula is C16H21ClN8O. The topological polar surface area (TPSA) is 102 Å². The normalized spacial score (nSPS) is 13.5. The first-order chi connectivity index (χ1) is 12.1. The Labute approximate surface area is 156 Å². The molecule has 0 aromatic carbocycles. The Morgan fingerprint density at radius 1 is 1.38 bits per heavy atom. The van der Waals surface area contributed by atoms with Crippen molar-refractivity contribution in [3.8, 4) is 0 Å². The van der Waals surface area contributed by atoms with Crippen molar-refractivity contribution in [1.29, 1.82) is 0 Å². The number of carbonyl (C=O) groups is 1. The summed E-state index contributed by atoms with van der Waals surface area (Å²) in [5.74, 6) is 0.391. The summed E-state index contributed by atoms with van der Waals surface area (Å²) >= 11 is 0. The van der Waals surface area contributed by atoms with Crippen LogP contribution in [0.1, 0.15) is 47.3 Å². The number of nitrogens with one attached hydrogen (secondary N) is 2. The maximum Gasteiger partial charge on any atom is 0.270 e. The molecule has 0 spiro atoms. The minimum Gasteiger partial charge on any atom is -0.345 e. The summed E-state index contributed by atoms with van der Waals surface area (Å²) in [7, 11) is 0. The van der Waals surface area contributed by atoms with E-state index in [-0.39, 0.29) is 24.2 Å². The first-order valence-electron chi connectivity index (χ1n) is 8.37. The van der Waals surface area contributed by atoms with Gasteiger partial charge in [0.05, 0.1) is 30.2 Å². The molecular weight excluding hydrogens is 356 g/mol. The Hall–Kier alpha value is -2.52. The Balaban J connectivity index is 0.00000196. The lowest BCUT2D eigenvalue weighted by molar-refractivity contribution is 0.0945. The molecule has 2 N–H and O–H groups in total. The fourth-order valence-electron chi connectivity index (χ4n) is 2.96. The molecule has 0 bridgehead atoms. The van der Waals surface area contributed by atoms with Gasteiger partial charge in [-0.1, -0.05) is 13.8 Å². The van der Waals surface area contributed by atoms with Crippen molar-refractivity contribution in [3.05, 3.63) is 41.2 Å². The Morgan fingerprint density at radius 3 is 3.00 bits per heavy atom. The number of halogens is 1. The van der Waals surface area contributed by atoms with Crippen LogP contribution in [0.25, 0.3) is 5.78 Å². The Bertz CT molecular complexity index is 908. The van der Waals surface area contributed by atoms with Gasteiger partial charge < -0.3 is 10.6 Å². The van der Waals surface area contributed by atoms with Gasteiger partial charge in [-0.15, -0.1) is 12.4 Å². The number of fused-ring (bicyclic) bond motifs is 2. The largest absolute Gasteiger partial charge is 0.345 e. The molecule has 4 rings (SSSR count). The van der Waals surface area contributed by atoms with Gasteiger partial charge in [-0.2, -0.15) is 15.2 Å². The molecule has 3 aromatic heterocycles. The third-order valence-corrected chi connectivity index (χ3v) is 4.25. The average Bonchev–Trinajstić information content (AvgIpc) is 3.24. The van der Waals surface area contributed by atoms with Crippen molar-refractivity contribution in [3.63, 3.8) is 0 Å². The molecule has 138 valence electrons. The summed E-state index contributed by atoms with van der Waals surface area (Å²) in [4.78, 5) is 20.9. The summed E-state index contributed by atoms with van der Waals surface area (Å²) in [6.07, 6.45) is 1.44. The van der Waals surface area contributed by atoms with Gasteiger partial charge in [-0.05, 0) is 18.1 Å². The second-order valence-electron chi connectivity index (χ2n) is 6.40. The number of hydrogen-bond acceptors (Lipinski definition) is 6. The lowest BCUT2D eigenvalue weighted by Gasteiger charge is -2.13. The van der Waals surface area contributed by atoms with E-state index in [0.717, 1.165) is 36.7 Å². The van der Waals surface area contributed by atoms with E-state index in [9.17, 15) is 4.79 Å². The smallest absolute Gasteiger partial charge is 0.270 e. The van der Waals surface area contributed by atoms with E-state index in [1.165, 1.54) is 6.33 Å². The van der Waals surface area contributed by atoms with Crippen LogP contribution in [0.15, 0.2) is 18.5 Å². The van der Waals surface area contributed by atoms with Crippen LogP contribution in [0.4, 0.5) is 0 Å². The van der Waals surface area contributed by atoms with Gasteiger partial charge in [0.15, 0.2) is 0 Å². The highest BCUT2D eigenvalue weighted by atomic mass is 35.5. The van der Waals surface area contributed by atoms with E-state index in [0.29, 0.717) is 18.0 Å². The predicted molar refractivity (Wildman–Crippen MR) is 97.2 cm³/mol. The highest BCUT2D eigenvalue weighted by molar-refractivity contribution is 5.92. The zero-order chi connectivity index (χ0) is 17.4. The van der Waals surface area contributed by atoms with E-state index in [1.807, 2.05) is 24.6 Å². The number of hydrogen-bond donors (Lipinski definition) is 2. The molecule has 26 heavy (non-hydrogen) atoms. The van der Waals surface area contributed by atoms with Crippen molar-refractivity contribution in [1.82, 2.24) is 40.0 Å². The van der Waals surface area contributed by atoms with Gasteiger partial charge >= 0.3 is 0 Å². The van der Waals surface area contributed by atoms with Crippen molar-refractivity contribution in [2.45, 2.75) is 39.4 Å². The second kappa shape index (κ2) is 7.38. The summed E-state index contributed by atoms with van der Waals surface area (Å²) in [6.45, 7) is 7.04. The molecule has 0 atom stereocenters. The quantitative estimate of drug-likeness (QED) is 0.701. The van der Waals surface area contributed by atoms with E-state index in [2.05, 4.69) is 30.8 Å². The molecule has 1 aliphatic heterocycles. The van der Waals surface area contributed by atoms with Crippen molar-refractivity contribution in [2.75, 3.05) is 6.54 Å². The fourth-order valence-corrected chi connectivity index (χ4v) is 2.96. The third kappa shape index (κ3) is 3.40. The zero-order valence-electron chi connectivity index (χ0n) is 14.6. The fraction of sp³-hybridized carbons (Fsp3) is 0.438. The molecule has 3 aromatic rings. The van der Waals surface area contributed by atoms with Gasteiger partial charge in [0, 0.05) is 13.1 Å². The monoisotopic (exact) mass is 376 g/mol. The van der Waals surface area contributed by atoms with Gasteiger partial charge in [0.1, 0.15) is 12.0 Å². The number of carbonyl (C=O) groups excluding carboxylic acids is 1. The Morgan fingerprint density at radius 2 is 2.23 bits per heavy atom. The lowest BCUT2D eigenvalue weighted by Crippen LogP contribution is -2.28. The first-order valence-corrected chi connectivity index (χ1v) is 8.37. The SMILES string of the molecule is CC(C)c1cc(C(=O)NCc2cc3n(n2)CCNC3)nc2ncnn12.Cl. The highest BCUT2D eigenvalue weighted by Gasteiger charge is 2.16. The molecule has 1 amide bonds. The number of aromatic nitrogens is 6. The number of nitrogens with zero attached hydrogens (tertiary/aromatic N) is 6. The molecule has 0 radical (unpaired) electrons. The van der Waals surface area contributed by atoms with E-state index in [1.54, 1.807) is 10.6 Å². The number of amides is 1. The molecule has 9 nitrogen and oxygen atoms in total. The minimum atomic E-state index is -0.239. The molecule has 4 heterocycles. The predicted octanol–water partition coefficient (Wildman–Crippen LogP) is 0.899.